The fourth-order valence-corrected chi connectivity index (χ4v) is 4.09. The molecule has 138 valence electrons. The van der Waals surface area contributed by atoms with Gasteiger partial charge in [-0.3, -0.25) is 13.9 Å². The van der Waals surface area contributed by atoms with E-state index in [9.17, 15) is 18.0 Å². The number of hydrogen-bond acceptors (Lipinski definition) is 5. The first-order valence-corrected chi connectivity index (χ1v) is 9.75. The Morgan fingerprint density at radius 1 is 1.12 bits per heavy atom. The van der Waals surface area contributed by atoms with E-state index in [-0.39, 0.29) is 5.75 Å². The molecule has 0 bridgehead atoms. The van der Waals surface area contributed by atoms with Gasteiger partial charge in [0.25, 0.3) is 0 Å². The molecule has 9 heteroatoms. The Hall–Kier alpha value is -2.13. The number of anilines is 2. The van der Waals surface area contributed by atoms with E-state index in [0.29, 0.717) is 37.4 Å². The highest BCUT2D eigenvalue weighted by atomic mass is 32.2. The highest BCUT2D eigenvalue weighted by molar-refractivity contribution is 7.92. The minimum atomic E-state index is -3.27. The van der Waals surface area contributed by atoms with E-state index < -0.39 is 21.8 Å². The molecule has 2 amide bonds. The molecule has 1 aromatic rings. The van der Waals surface area contributed by atoms with Gasteiger partial charge in [-0.05, 0) is 51.2 Å². The van der Waals surface area contributed by atoms with Gasteiger partial charge >= 0.3 is 11.8 Å². The molecule has 0 radical (unpaired) electrons. The molecule has 0 saturated carbocycles. The molecule has 1 aliphatic rings. The number of likely N-dealkylation sites (N-methyl/N-ethyl adjacent to an activating group) is 1. The van der Waals surface area contributed by atoms with E-state index in [1.165, 1.54) is 4.31 Å². The van der Waals surface area contributed by atoms with Gasteiger partial charge in [0.1, 0.15) is 0 Å². The van der Waals surface area contributed by atoms with Gasteiger partial charge in [0.05, 0.1) is 11.4 Å². The minimum Gasteiger partial charge on any atom is -0.347 e. The smallest absolute Gasteiger partial charge is 0.313 e. The number of nitrogens with one attached hydrogen (secondary N) is 2. The van der Waals surface area contributed by atoms with Crippen LogP contribution in [0.3, 0.4) is 0 Å². The summed E-state index contributed by atoms with van der Waals surface area (Å²) in [6.45, 7) is 1.48. The normalized spacial score (nSPS) is 16.5. The monoisotopic (exact) mass is 368 g/mol. The van der Waals surface area contributed by atoms with Crippen LogP contribution in [0.5, 0.6) is 0 Å². The molecule has 0 unspecified atom stereocenters. The van der Waals surface area contributed by atoms with Crippen molar-refractivity contribution in [3.8, 4) is 0 Å². The number of amides is 2. The van der Waals surface area contributed by atoms with Crippen LogP contribution in [-0.4, -0.2) is 64.6 Å². The molecule has 0 atom stereocenters. The topological polar surface area (TPSA) is 98.8 Å². The van der Waals surface area contributed by atoms with Crippen molar-refractivity contribution in [2.45, 2.75) is 12.8 Å². The van der Waals surface area contributed by atoms with Crippen LogP contribution >= 0.6 is 0 Å². The molecule has 8 nitrogen and oxygen atoms in total. The molecule has 0 aliphatic carbocycles. The number of hydrogen-bond donors (Lipinski definition) is 2. The van der Waals surface area contributed by atoms with E-state index in [2.05, 4.69) is 10.6 Å². The van der Waals surface area contributed by atoms with E-state index in [4.69, 9.17) is 0 Å². The Bertz CT molecular complexity index is 716. The summed E-state index contributed by atoms with van der Waals surface area (Å²) in [5.74, 6) is -1.31. The van der Waals surface area contributed by atoms with Crippen molar-refractivity contribution in [2.75, 3.05) is 49.1 Å². The third kappa shape index (κ3) is 5.43. The van der Waals surface area contributed by atoms with Crippen LogP contribution < -0.4 is 14.9 Å². The van der Waals surface area contributed by atoms with Gasteiger partial charge in [-0.2, -0.15) is 0 Å². The molecule has 2 N–H and O–H groups in total. The SMILES string of the molecule is CN(C)CCNC(=O)C(=O)Nc1ccc(N2CCCCS2(=O)=O)cc1. The lowest BCUT2D eigenvalue weighted by Gasteiger charge is -2.28. The van der Waals surface area contributed by atoms with Crippen molar-refractivity contribution in [3.63, 3.8) is 0 Å². The molecule has 1 saturated heterocycles. The molecule has 2 rings (SSSR count). The number of carbonyl (C=O) groups is 2. The van der Waals surface area contributed by atoms with E-state index >= 15 is 0 Å². The van der Waals surface area contributed by atoms with Crippen molar-refractivity contribution < 1.29 is 18.0 Å². The van der Waals surface area contributed by atoms with Crippen LogP contribution in [0.15, 0.2) is 24.3 Å². The summed E-state index contributed by atoms with van der Waals surface area (Å²) >= 11 is 0. The highest BCUT2D eigenvalue weighted by Gasteiger charge is 2.25. The Morgan fingerprint density at radius 3 is 2.40 bits per heavy atom. The number of nitrogens with zero attached hydrogens (tertiary/aromatic N) is 2. The second-order valence-corrected chi connectivity index (χ2v) is 8.17. The van der Waals surface area contributed by atoms with Crippen molar-refractivity contribution in [1.82, 2.24) is 10.2 Å². The largest absolute Gasteiger partial charge is 0.347 e. The summed E-state index contributed by atoms with van der Waals surface area (Å²) in [4.78, 5) is 25.4. The van der Waals surface area contributed by atoms with Crippen molar-refractivity contribution >= 4 is 33.2 Å². The molecule has 1 aliphatic heterocycles. The molecule has 25 heavy (non-hydrogen) atoms. The van der Waals surface area contributed by atoms with Gasteiger partial charge in [0.2, 0.25) is 10.0 Å². The van der Waals surface area contributed by atoms with Crippen LogP contribution in [0.1, 0.15) is 12.8 Å². The molecular weight excluding hydrogens is 344 g/mol. The maximum Gasteiger partial charge on any atom is 0.313 e. The summed E-state index contributed by atoms with van der Waals surface area (Å²) in [6.07, 6.45) is 1.50. The van der Waals surface area contributed by atoms with Crippen LogP contribution in [0, 0.1) is 0 Å². The van der Waals surface area contributed by atoms with Gasteiger partial charge in [-0.25, -0.2) is 8.42 Å². The highest BCUT2D eigenvalue weighted by Crippen LogP contribution is 2.24. The minimum absolute atomic E-state index is 0.151. The summed E-state index contributed by atoms with van der Waals surface area (Å²) in [7, 11) is 0.477. The lowest BCUT2D eigenvalue weighted by Crippen LogP contribution is -2.39. The van der Waals surface area contributed by atoms with Crippen LogP contribution in [0.25, 0.3) is 0 Å². The Labute approximate surface area is 148 Å². The maximum atomic E-state index is 12.1. The predicted octanol–water partition coefficient (Wildman–Crippen LogP) is 0.233. The summed E-state index contributed by atoms with van der Waals surface area (Å²) in [5.41, 5.74) is 0.999. The Balaban J connectivity index is 1.93. The zero-order valence-electron chi connectivity index (χ0n) is 14.5. The number of rotatable bonds is 5. The molecule has 1 fully saturated rings. The van der Waals surface area contributed by atoms with Crippen molar-refractivity contribution in [3.05, 3.63) is 24.3 Å². The fraction of sp³-hybridized carbons (Fsp3) is 0.500. The Morgan fingerprint density at radius 2 is 1.80 bits per heavy atom. The average Bonchev–Trinajstić information content (AvgIpc) is 2.55. The first kappa shape index (κ1) is 19.2. The molecule has 0 aromatic heterocycles. The molecular formula is C16H24N4O4S. The lowest BCUT2D eigenvalue weighted by atomic mass is 10.2. The average molecular weight is 368 g/mol. The second kappa shape index (κ2) is 8.30. The van der Waals surface area contributed by atoms with Gasteiger partial charge in [0.15, 0.2) is 0 Å². The van der Waals surface area contributed by atoms with Gasteiger partial charge in [-0.15, -0.1) is 0 Å². The molecule has 1 heterocycles. The van der Waals surface area contributed by atoms with Crippen LogP contribution in [0.4, 0.5) is 11.4 Å². The summed E-state index contributed by atoms with van der Waals surface area (Å²) < 4.78 is 25.5. The van der Waals surface area contributed by atoms with Crippen LogP contribution in [-0.2, 0) is 19.6 Å². The maximum absolute atomic E-state index is 12.1. The number of benzene rings is 1. The predicted molar refractivity (Wildman–Crippen MR) is 97.0 cm³/mol. The van der Waals surface area contributed by atoms with Gasteiger partial charge < -0.3 is 15.5 Å². The van der Waals surface area contributed by atoms with Crippen LogP contribution in [0.2, 0.25) is 0 Å². The number of sulfonamides is 1. The summed E-state index contributed by atoms with van der Waals surface area (Å²) in [6, 6.07) is 6.43. The molecule has 1 aromatic carbocycles. The zero-order chi connectivity index (χ0) is 18.4. The Kier molecular flexibility index (Phi) is 6.38. The third-order valence-corrected chi connectivity index (χ3v) is 5.68. The quantitative estimate of drug-likeness (QED) is 0.725. The zero-order valence-corrected chi connectivity index (χ0v) is 15.3. The first-order chi connectivity index (χ1) is 11.8. The molecule has 0 spiro atoms. The summed E-state index contributed by atoms with van der Waals surface area (Å²) in [5, 5.41) is 5.03. The first-order valence-electron chi connectivity index (χ1n) is 8.14. The lowest BCUT2D eigenvalue weighted by molar-refractivity contribution is -0.136. The van der Waals surface area contributed by atoms with Gasteiger partial charge in [0, 0.05) is 25.3 Å². The van der Waals surface area contributed by atoms with E-state index in [1.807, 2.05) is 19.0 Å². The van der Waals surface area contributed by atoms with Crippen molar-refractivity contribution in [1.29, 1.82) is 0 Å². The van der Waals surface area contributed by atoms with Crippen molar-refractivity contribution in [2.24, 2.45) is 0 Å². The second-order valence-electron chi connectivity index (χ2n) is 6.16. The standard InChI is InChI=1S/C16H24N4O4S/c1-19(2)11-9-17-15(21)16(22)18-13-5-7-14(8-6-13)20-10-3-4-12-25(20,23)24/h5-8H,3-4,9-12H2,1-2H3,(H,17,21)(H,18,22). The van der Waals surface area contributed by atoms with Gasteiger partial charge in [-0.1, -0.05) is 0 Å². The number of carbonyl (C=O) groups excluding carboxylic acids is 2. The fourth-order valence-electron chi connectivity index (χ4n) is 2.45. The third-order valence-electron chi connectivity index (χ3n) is 3.81. The van der Waals surface area contributed by atoms with E-state index in [1.54, 1.807) is 24.3 Å². The van der Waals surface area contributed by atoms with E-state index in [0.717, 1.165) is 6.42 Å².